The van der Waals surface area contributed by atoms with Gasteiger partial charge in [0.25, 0.3) is 0 Å². The zero-order valence-corrected chi connectivity index (χ0v) is 9.80. The van der Waals surface area contributed by atoms with Crippen LogP contribution in [0.5, 0.6) is 0 Å². The van der Waals surface area contributed by atoms with Crippen molar-refractivity contribution >= 4 is 11.6 Å². The Hall–Kier alpha value is -0.570. The number of benzene rings is 1. The Balaban J connectivity index is 2.03. The molecule has 1 radical (unpaired) electrons. The second-order valence-corrected chi connectivity index (χ2v) is 4.45. The zero-order valence-electron chi connectivity index (χ0n) is 9.04. The maximum Gasteiger partial charge on any atom is 0.0408 e. The van der Waals surface area contributed by atoms with E-state index in [1.54, 1.807) is 0 Å². The van der Waals surface area contributed by atoms with E-state index in [0.717, 1.165) is 37.7 Å². The molecule has 0 atom stereocenters. The molecular weight excluding hydrogens is 208 g/mol. The molecule has 0 N–H and O–H groups in total. The molecule has 0 aromatic heterocycles. The van der Waals surface area contributed by atoms with Crippen LogP contribution in [-0.4, -0.2) is 31.1 Å². The molecule has 1 aromatic carbocycles. The van der Waals surface area contributed by atoms with E-state index in [9.17, 15) is 0 Å². The fourth-order valence-corrected chi connectivity index (χ4v) is 2.11. The molecular formula is C12H16ClN2. The number of rotatable bonds is 2. The van der Waals surface area contributed by atoms with Gasteiger partial charge in [-0.1, -0.05) is 17.7 Å². The molecule has 0 spiro atoms. The molecule has 0 aliphatic carbocycles. The first-order valence-corrected chi connectivity index (χ1v) is 5.74. The van der Waals surface area contributed by atoms with Gasteiger partial charge in [0.05, 0.1) is 0 Å². The van der Waals surface area contributed by atoms with Crippen molar-refractivity contribution in [3.05, 3.63) is 34.3 Å². The third kappa shape index (κ3) is 2.94. The highest BCUT2D eigenvalue weighted by Gasteiger charge is 2.11. The highest BCUT2D eigenvalue weighted by molar-refractivity contribution is 6.30. The summed E-state index contributed by atoms with van der Waals surface area (Å²) < 4.78 is 0. The smallest absolute Gasteiger partial charge is 0.0408 e. The van der Waals surface area contributed by atoms with Gasteiger partial charge >= 0.3 is 0 Å². The van der Waals surface area contributed by atoms with Crippen molar-refractivity contribution < 1.29 is 0 Å². The Morgan fingerprint density at radius 2 is 2.07 bits per heavy atom. The number of hydrogen-bond donors (Lipinski definition) is 0. The lowest BCUT2D eigenvalue weighted by molar-refractivity contribution is 0.230. The average molecular weight is 224 g/mol. The third-order valence-electron chi connectivity index (χ3n) is 2.85. The van der Waals surface area contributed by atoms with Crippen LogP contribution in [0.4, 0.5) is 0 Å². The minimum atomic E-state index is 0.824. The minimum absolute atomic E-state index is 0.824. The molecule has 1 aliphatic rings. The molecule has 0 unspecified atom stereocenters. The predicted octanol–water partition coefficient (Wildman–Crippen LogP) is 2.07. The summed E-state index contributed by atoms with van der Waals surface area (Å²) in [5.41, 5.74) is 2.66. The molecule has 1 aromatic rings. The summed E-state index contributed by atoms with van der Waals surface area (Å²) in [6.45, 7) is 7.28. The van der Waals surface area contributed by atoms with E-state index >= 15 is 0 Å². The number of piperazine rings is 1. The van der Waals surface area contributed by atoms with Crippen molar-refractivity contribution in [3.8, 4) is 0 Å². The van der Waals surface area contributed by atoms with Crippen molar-refractivity contribution in [2.75, 3.05) is 26.2 Å². The van der Waals surface area contributed by atoms with Gasteiger partial charge in [-0.15, -0.1) is 0 Å². The summed E-state index contributed by atoms with van der Waals surface area (Å²) in [5.74, 6) is 0. The number of nitrogens with zero attached hydrogens (tertiary/aromatic N) is 2. The normalized spacial score (nSPS) is 18.0. The Bertz CT molecular complexity index is 332. The second kappa shape index (κ2) is 4.97. The summed E-state index contributed by atoms with van der Waals surface area (Å²) in [7, 11) is 0. The molecule has 3 heteroatoms. The summed E-state index contributed by atoms with van der Waals surface area (Å²) in [4.78, 5) is 2.45. The van der Waals surface area contributed by atoms with Crippen LogP contribution in [0.3, 0.4) is 0 Å². The van der Waals surface area contributed by atoms with Crippen molar-refractivity contribution in [1.29, 1.82) is 0 Å². The van der Waals surface area contributed by atoms with Gasteiger partial charge in [-0.3, -0.25) is 4.90 Å². The Kier molecular flexibility index (Phi) is 3.62. The lowest BCUT2D eigenvalue weighted by Crippen LogP contribution is -2.39. The van der Waals surface area contributed by atoms with Crippen molar-refractivity contribution in [2.45, 2.75) is 13.5 Å². The topological polar surface area (TPSA) is 17.3 Å². The molecule has 81 valence electrons. The molecule has 0 amide bonds. The van der Waals surface area contributed by atoms with Crippen LogP contribution in [0.1, 0.15) is 11.1 Å². The first-order chi connectivity index (χ1) is 7.25. The zero-order chi connectivity index (χ0) is 10.7. The summed E-state index contributed by atoms with van der Waals surface area (Å²) in [5, 5.41) is 5.17. The maximum atomic E-state index is 5.93. The van der Waals surface area contributed by atoms with Gasteiger partial charge in [0.2, 0.25) is 0 Å². The first-order valence-electron chi connectivity index (χ1n) is 5.36. The highest BCUT2D eigenvalue weighted by Crippen LogP contribution is 2.17. The summed E-state index contributed by atoms with van der Waals surface area (Å²) >= 11 is 5.93. The van der Waals surface area contributed by atoms with E-state index in [-0.39, 0.29) is 0 Å². The molecule has 1 saturated heterocycles. The predicted molar refractivity (Wildman–Crippen MR) is 63.3 cm³/mol. The lowest BCUT2D eigenvalue weighted by atomic mass is 10.1. The highest BCUT2D eigenvalue weighted by atomic mass is 35.5. The standard InChI is InChI=1S/C12H16ClN2/c1-10-8-12(13)3-2-11(10)9-15-6-4-14-5-7-15/h2-3,8H,4-7,9H2,1H3. The quantitative estimate of drug-likeness (QED) is 0.751. The molecule has 1 fully saturated rings. The number of aryl methyl sites for hydroxylation is 1. The Morgan fingerprint density at radius 1 is 1.33 bits per heavy atom. The summed E-state index contributed by atoms with van der Waals surface area (Å²) in [6, 6.07) is 6.13. The molecule has 15 heavy (non-hydrogen) atoms. The molecule has 0 saturated carbocycles. The van der Waals surface area contributed by atoms with Crippen LogP contribution < -0.4 is 5.32 Å². The van der Waals surface area contributed by atoms with E-state index in [1.165, 1.54) is 11.1 Å². The molecule has 2 rings (SSSR count). The van der Waals surface area contributed by atoms with Crippen LogP contribution in [0.15, 0.2) is 18.2 Å². The Morgan fingerprint density at radius 3 is 2.73 bits per heavy atom. The molecule has 2 nitrogen and oxygen atoms in total. The van der Waals surface area contributed by atoms with E-state index in [0.29, 0.717) is 0 Å². The molecule has 0 bridgehead atoms. The first kappa shape index (κ1) is 10.9. The van der Waals surface area contributed by atoms with Gasteiger partial charge in [0, 0.05) is 37.7 Å². The average Bonchev–Trinajstić information content (AvgIpc) is 2.24. The van der Waals surface area contributed by atoms with Crippen molar-refractivity contribution in [2.24, 2.45) is 0 Å². The van der Waals surface area contributed by atoms with Gasteiger partial charge in [-0.2, -0.15) is 0 Å². The lowest BCUT2D eigenvalue weighted by Gasteiger charge is -2.26. The second-order valence-electron chi connectivity index (χ2n) is 4.02. The van der Waals surface area contributed by atoms with Gasteiger partial charge in [-0.05, 0) is 30.2 Å². The summed E-state index contributed by atoms with van der Waals surface area (Å²) in [6.07, 6.45) is 0. The van der Waals surface area contributed by atoms with Crippen LogP contribution in [0.2, 0.25) is 5.02 Å². The number of halogens is 1. The van der Waals surface area contributed by atoms with E-state index in [4.69, 9.17) is 11.6 Å². The fourth-order valence-electron chi connectivity index (χ4n) is 1.88. The maximum absolute atomic E-state index is 5.93. The van der Waals surface area contributed by atoms with Crippen LogP contribution in [0.25, 0.3) is 0 Å². The van der Waals surface area contributed by atoms with Gasteiger partial charge in [-0.25, -0.2) is 5.32 Å². The van der Waals surface area contributed by atoms with Crippen LogP contribution in [0, 0.1) is 6.92 Å². The van der Waals surface area contributed by atoms with E-state index < -0.39 is 0 Å². The van der Waals surface area contributed by atoms with Gasteiger partial charge in [0.15, 0.2) is 0 Å². The van der Waals surface area contributed by atoms with Crippen molar-refractivity contribution in [1.82, 2.24) is 10.2 Å². The minimum Gasteiger partial charge on any atom is -0.296 e. The Labute approximate surface area is 96.2 Å². The van der Waals surface area contributed by atoms with Crippen LogP contribution >= 0.6 is 11.6 Å². The van der Waals surface area contributed by atoms with E-state index in [1.807, 2.05) is 12.1 Å². The monoisotopic (exact) mass is 223 g/mol. The van der Waals surface area contributed by atoms with Crippen molar-refractivity contribution in [3.63, 3.8) is 0 Å². The van der Waals surface area contributed by atoms with E-state index in [2.05, 4.69) is 23.2 Å². The van der Waals surface area contributed by atoms with Crippen LogP contribution in [-0.2, 0) is 6.54 Å². The largest absolute Gasteiger partial charge is 0.296 e. The van der Waals surface area contributed by atoms with Gasteiger partial charge in [0.1, 0.15) is 0 Å². The fraction of sp³-hybridized carbons (Fsp3) is 0.500. The third-order valence-corrected chi connectivity index (χ3v) is 3.08. The van der Waals surface area contributed by atoms with Gasteiger partial charge < -0.3 is 0 Å². The molecule has 1 heterocycles. The molecule has 1 aliphatic heterocycles. The SMILES string of the molecule is Cc1cc(Cl)ccc1CN1CC[N]CC1. The number of hydrogen-bond acceptors (Lipinski definition) is 1.